The van der Waals surface area contributed by atoms with Crippen LogP contribution in [0.5, 0.6) is 11.5 Å². The normalized spacial score (nSPS) is 12.3. The molecule has 1 heterocycles. The molecule has 0 spiro atoms. The fourth-order valence-corrected chi connectivity index (χ4v) is 2.49. The van der Waals surface area contributed by atoms with E-state index < -0.39 is 0 Å². The maximum atomic E-state index is 5.97. The molecule has 1 aliphatic heterocycles. The molecule has 0 saturated carbocycles. The molecule has 3 aromatic carbocycles. The van der Waals surface area contributed by atoms with Crippen molar-refractivity contribution in [1.29, 1.82) is 0 Å². The molecule has 1 aliphatic rings. The summed E-state index contributed by atoms with van der Waals surface area (Å²) in [6, 6.07) is 27.4. The number of fused-ring (bicyclic) bond motifs is 2. The molecular formula is C18H12NO. The molecule has 0 amide bonds. The molecule has 0 aliphatic carbocycles. The zero-order valence-corrected chi connectivity index (χ0v) is 10.8. The molecule has 0 unspecified atom stereocenters. The van der Waals surface area contributed by atoms with Gasteiger partial charge in [-0.2, -0.15) is 0 Å². The van der Waals surface area contributed by atoms with Crippen LogP contribution in [-0.2, 0) is 0 Å². The predicted molar refractivity (Wildman–Crippen MR) is 80.0 cm³/mol. The van der Waals surface area contributed by atoms with Crippen LogP contribution >= 0.6 is 0 Å². The molecule has 3 aromatic rings. The Kier molecular flexibility index (Phi) is 2.46. The van der Waals surface area contributed by atoms with Crippen LogP contribution in [0.25, 0.3) is 0 Å². The minimum Gasteiger partial charge on any atom is -0.453 e. The van der Waals surface area contributed by atoms with Crippen LogP contribution in [0.4, 0.5) is 17.1 Å². The van der Waals surface area contributed by atoms with Crippen LogP contribution in [0.15, 0.2) is 72.8 Å². The molecule has 0 saturated heterocycles. The molecular weight excluding hydrogens is 246 g/mol. The average molecular weight is 258 g/mol. The van der Waals surface area contributed by atoms with Gasteiger partial charge in [0.1, 0.15) is 0 Å². The molecule has 0 aromatic heterocycles. The van der Waals surface area contributed by atoms with Gasteiger partial charge in [-0.25, -0.2) is 0 Å². The van der Waals surface area contributed by atoms with E-state index in [-0.39, 0.29) is 0 Å². The summed E-state index contributed by atoms with van der Waals surface area (Å²) >= 11 is 0. The molecule has 0 bridgehead atoms. The molecule has 0 N–H and O–H groups in total. The van der Waals surface area contributed by atoms with Crippen LogP contribution in [0.1, 0.15) is 0 Å². The van der Waals surface area contributed by atoms with E-state index in [9.17, 15) is 0 Å². The van der Waals surface area contributed by atoms with E-state index in [0.29, 0.717) is 0 Å². The predicted octanol–water partition coefficient (Wildman–Crippen LogP) is 5.06. The van der Waals surface area contributed by atoms with Crippen LogP contribution in [0.3, 0.4) is 0 Å². The van der Waals surface area contributed by atoms with Gasteiger partial charge in [-0.1, -0.05) is 42.5 Å². The Morgan fingerprint density at radius 1 is 0.700 bits per heavy atom. The monoisotopic (exact) mass is 258 g/mol. The highest BCUT2D eigenvalue weighted by Gasteiger charge is 2.24. The fraction of sp³-hybridized carbons (Fsp3) is 0. The Balaban J connectivity index is 1.98. The third kappa shape index (κ3) is 1.66. The lowest BCUT2D eigenvalue weighted by molar-refractivity contribution is 0.477. The third-order valence-corrected chi connectivity index (χ3v) is 3.37. The van der Waals surface area contributed by atoms with Crippen molar-refractivity contribution in [3.05, 3.63) is 78.9 Å². The van der Waals surface area contributed by atoms with Crippen molar-refractivity contribution < 1.29 is 4.74 Å². The second-order valence-electron chi connectivity index (χ2n) is 4.62. The van der Waals surface area contributed by atoms with Crippen molar-refractivity contribution in [2.24, 2.45) is 0 Å². The summed E-state index contributed by atoms with van der Waals surface area (Å²) in [7, 11) is 0. The highest BCUT2D eigenvalue weighted by Crippen LogP contribution is 2.49. The molecule has 1 radical (unpaired) electrons. The summed E-state index contributed by atoms with van der Waals surface area (Å²) in [4.78, 5) is 2.17. The average Bonchev–Trinajstić information content (AvgIpc) is 2.53. The van der Waals surface area contributed by atoms with E-state index in [4.69, 9.17) is 4.74 Å². The Labute approximate surface area is 117 Å². The van der Waals surface area contributed by atoms with Crippen LogP contribution < -0.4 is 9.64 Å². The van der Waals surface area contributed by atoms with Crippen molar-refractivity contribution in [2.45, 2.75) is 0 Å². The Hall–Kier alpha value is -2.74. The van der Waals surface area contributed by atoms with Gasteiger partial charge in [-0.15, -0.1) is 0 Å². The highest BCUT2D eigenvalue weighted by atomic mass is 16.5. The summed E-state index contributed by atoms with van der Waals surface area (Å²) in [5.74, 6) is 1.73. The number of benzene rings is 3. The first-order valence-corrected chi connectivity index (χ1v) is 6.56. The third-order valence-electron chi connectivity index (χ3n) is 3.37. The largest absolute Gasteiger partial charge is 0.453 e. The van der Waals surface area contributed by atoms with Gasteiger partial charge in [0.25, 0.3) is 0 Å². The number of anilines is 3. The molecule has 4 rings (SSSR count). The number of rotatable bonds is 1. The number of hydrogen-bond acceptors (Lipinski definition) is 2. The zero-order chi connectivity index (χ0) is 13.4. The van der Waals surface area contributed by atoms with Crippen molar-refractivity contribution in [2.75, 3.05) is 4.90 Å². The van der Waals surface area contributed by atoms with Gasteiger partial charge in [0.05, 0.1) is 17.1 Å². The van der Waals surface area contributed by atoms with Crippen molar-refractivity contribution in [3.63, 3.8) is 0 Å². The van der Waals surface area contributed by atoms with Gasteiger partial charge in [0, 0.05) is 6.07 Å². The van der Waals surface area contributed by atoms with Crippen molar-refractivity contribution in [1.82, 2.24) is 0 Å². The van der Waals surface area contributed by atoms with E-state index in [1.807, 2.05) is 54.6 Å². The highest BCUT2D eigenvalue weighted by molar-refractivity contribution is 5.85. The lowest BCUT2D eigenvalue weighted by atomic mass is 10.1. The number of hydrogen-bond donors (Lipinski definition) is 0. The van der Waals surface area contributed by atoms with E-state index in [1.165, 1.54) is 0 Å². The topological polar surface area (TPSA) is 12.5 Å². The maximum absolute atomic E-state index is 5.97. The minimum absolute atomic E-state index is 0.864. The molecule has 2 heteroatoms. The molecule has 95 valence electrons. The maximum Gasteiger partial charge on any atom is 0.151 e. The lowest BCUT2D eigenvalue weighted by Crippen LogP contribution is -2.15. The summed E-state index contributed by atoms with van der Waals surface area (Å²) in [6.45, 7) is 0. The van der Waals surface area contributed by atoms with E-state index >= 15 is 0 Å². The number of para-hydroxylation sites is 5. The Morgan fingerprint density at radius 3 is 1.90 bits per heavy atom. The van der Waals surface area contributed by atoms with Gasteiger partial charge < -0.3 is 9.64 Å². The van der Waals surface area contributed by atoms with Crippen molar-refractivity contribution >= 4 is 17.1 Å². The first kappa shape index (κ1) is 11.1. The Morgan fingerprint density at radius 2 is 1.30 bits per heavy atom. The second kappa shape index (κ2) is 4.42. The number of ether oxygens (including phenoxy) is 1. The lowest BCUT2D eigenvalue weighted by Gasteiger charge is -2.32. The first-order chi connectivity index (χ1) is 9.93. The molecule has 0 atom stereocenters. The van der Waals surface area contributed by atoms with Gasteiger partial charge in [-0.3, -0.25) is 0 Å². The van der Waals surface area contributed by atoms with E-state index in [2.05, 4.69) is 29.2 Å². The summed E-state index contributed by atoms with van der Waals surface area (Å²) < 4.78 is 5.97. The van der Waals surface area contributed by atoms with Crippen LogP contribution in [-0.4, -0.2) is 0 Å². The van der Waals surface area contributed by atoms with Gasteiger partial charge in [0.15, 0.2) is 11.5 Å². The summed E-state index contributed by atoms with van der Waals surface area (Å²) in [5.41, 5.74) is 3.08. The van der Waals surface area contributed by atoms with Crippen LogP contribution in [0, 0.1) is 6.07 Å². The van der Waals surface area contributed by atoms with Crippen LogP contribution in [0.2, 0.25) is 0 Å². The standard InChI is InChI=1S/C18H12NO/c1-2-8-14(9-3-1)19-15-10-4-6-12-17(15)20-18-13-7-5-11-16(18)19/h1-8,10-13H. The minimum atomic E-state index is 0.864. The number of nitrogens with zero attached hydrogens (tertiary/aromatic N) is 1. The molecule has 2 nitrogen and oxygen atoms in total. The van der Waals surface area contributed by atoms with Gasteiger partial charge in [0.2, 0.25) is 0 Å². The molecule has 20 heavy (non-hydrogen) atoms. The van der Waals surface area contributed by atoms with E-state index in [1.54, 1.807) is 0 Å². The summed E-state index contributed by atoms with van der Waals surface area (Å²) in [6.07, 6.45) is 0. The first-order valence-electron chi connectivity index (χ1n) is 6.56. The SMILES string of the molecule is [c]1ccccc1N1c2ccccc2Oc2ccccc21. The second-order valence-corrected chi connectivity index (χ2v) is 4.62. The zero-order valence-electron chi connectivity index (χ0n) is 10.8. The van der Waals surface area contributed by atoms with Gasteiger partial charge in [-0.05, 0) is 30.3 Å². The quantitative estimate of drug-likeness (QED) is 0.473. The Bertz CT molecular complexity index is 707. The molecule has 0 fully saturated rings. The van der Waals surface area contributed by atoms with Gasteiger partial charge >= 0.3 is 0 Å². The van der Waals surface area contributed by atoms with Crippen molar-refractivity contribution in [3.8, 4) is 11.5 Å². The van der Waals surface area contributed by atoms with E-state index in [0.717, 1.165) is 28.6 Å². The smallest absolute Gasteiger partial charge is 0.151 e. The summed E-state index contributed by atoms with van der Waals surface area (Å²) in [5, 5.41) is 0. The fourth-order valence-electron chi connectivity index (χ4n) is 2.49.